The highest BCUT2D eigenvalue weighted by Crippen LogP contribution is 2.25. The van der Waals surface area contributed by atoms with Crippen molar-refractivity contribution in [3.05, 3.63) is 72.4 Å². The number of hydrogen-bond acceptors (Lipinski definition) is 4. The fourth-order valence-corrected chi connectivity index (χ4v) is 3.50. The van der Waals surface area contributed by atoms with E-state index in [1.54, 1.807) is 0 Å². The molecule has 1 fully saturated rings. The smallest absolute Gasteiger partial charge is 0.227 e. The second-order valence-electron chi connectivity index (χ2n) is 7.22. The van der Waals surface area contributed by atoms with Crippen molar-refractivity contribution in [1.82, 2.24) is 9.97 Å². The molecule has 28 heavy (non-hydrogen) atoms. The number of hydrogen-bond donors (Lipinski definition) is 1. The molecule has 1 aliphatic heterocycles. The minimum atomic E-state index is 0.0369. The largest absolute Gasteiger partial charge is 0.356 e. The molecule has 0 radical (unpaired) electrons. The molecule has 1 amide bonds. The van der Waals surface area contributed by atoms with Gasteiger partial charge >= 0.3 is 0 Å². The first kappa shape index (κ1) is 18.2. The first-order valence-electron chi connectivity index (χ1n) is 9.70. The predicted molar refractivity (Wildman–Crippen MR) is 112 cm³/mol. The summed E-state index contributed by atoms with van der Waals surface area (Å²) in [6.07, 6.45) is 3.46. The molecule has 1 N–H and O–H groups in total. The molecule has 5 heteroatoms. The quantitative estimate of drug-likeness (QED) is 0.741. The molecule has 142 valence electrons. The zero-order valence-corrected chi connectivity index (χ0v) is 16.0. The molecular weight excluding hydrogens is 348 g/mol. The number of nitrogens with zero attached hydrogens (tertiary/aromatic N) is 3. The molecule has 1 aromatic heterocycles. The normalized spacial score (nSPS) is 14.7. The minimum absolute atomic E-state index is 0.0369. The third-order valence-corrected chi connectivity index (χ3v) is 5.18. The van der Waals surface area contributed by atoms with E-state index in [0.717, 1.165) is 48.8 Å². The molecular formula is C23H24N4O. The van der Waals surface area contributed by atoms with Gasteiger partial charge in [0.2, 0.25) is 5.91 Å². The Labute approximate surface area is 165 Å². The lowest BCUT2D eigenvalue weighted by Gasteiger charge is -2.32. The summed E-state index contributed by atoms with van der Waals surface area (Å²) in [4.78, 5) is 23.9. The number of aryl methyl sites for hydroxylation is 1. The minimum Gasteiger partial charge on any atom is -0.356 e. The summed E-state index contributed by atoms with van der Waals surface area (Å²) in [5.41, 5.74) is 3.09. The molecule has 0 saturated carbocycles. The molecule has 0 spiro atoms. The molecule has 4 rings (SSSR count). The average Bonchev–Trinajstić information content (AvgIpc) is 2.75. The number of carbonyl (C=O) groups excluding carboxylic acids is 1. The summed E-state index contributed by atoms with van der Waals surface area (Å²) in [5.74, 6) is 1.80. The first-order valence-corrected chi connectivity index (χ1v) is 9.70. The monoisotopic (exact) mass is 372 g/mol. The zero-order valence-electron chi connectivity index (χ0n) is 16.0. The van der Waals surface area contributed by atoms with Gasteiger partial charge in [-0.3, -0.25) is 4.79 Å². The van der Waals surface area contributed by atoms with E-state index >= 15 is 0 Å². The van der Waals surface area contributed by atoms with Crippen LogP contribution >= 0.6 is 0 Å². The zero-order chi connectivity index (χ0) is 19.3. The maximum atomic E-state index is 12.5. The summed E-state index contributed by atoms with van der Waals surface area (Å²) in [5, 5.41) is 3.02. The summed E-state index contributed by atoms with van der Waals surface area (Å²) in [6.45, 7) is 3.70. The van der Waals surface area contributed by atoms with E-state index in [2.05, 4.69) is 46.4 Å². The number of piperidine rings is 1. The molecule has 0 atom stereocenters. The molecule has 3 aromatic rings. The Morgan fingerprint density at radius 2 is 1.71 bits per heavy atom. The van der Waals surface area contributed by atoms with Crippen LogP contribution in [-0.2, 0) is 4.79 Å². The number of amides is 1. The number of para-hydroxylation sites is 1. The van der Waals surface area contributed by atoms with Crippen molar-refractivity contribution in [3.63, 3.8) is 0 Å². The van der Waals surface area contributed by atoms with Crippen LogP contribution in [-0.4, -0.2) is 29.0 Å². The van der Waals surface area contributed by atoms with E-state index in [9.17, 15) is 4.79 Å². The molecule has 0 aliphatic carbocycles. The van der Waals surface area contributed by atoms with Crippen LogP contribution in [0.2, 0.25) is 0 Å². The summed E-state index contributed by atoms with van der Waals surface area (Å²) >= 11 is 0. The Hall–Kier alpha value is -3.21. The van der Waals surface area contributed by atoms with Gasteiger partial charge in [-0.1, -0.05) is 48.0 Å². The standard InChI is InChI=1S/C23H24N4O/c1-17-7-9-18(10-8-17)22-24-14-11-21(26-22)27-15-12-19(13-16-27)23(28)25-20-5-3-2-4-6-20/h2-11,14,19H,12-13,15-16H2,1H3,(H,25,28). The SMILES string of the molecule is Cc1ccc(-c2nccc(N3CCC(C(=O)Nc4ccccc4)CC3)n2)cc1. The van der Waals surface area contributed by atoms with Crippen molar-refractivity contribution in [3.8, 4) is 11.4 Å². The van der Waals surface area contributed by atoms with Crippen LogP contribution in [0.1, 0.15) is 18.4 Å². The van der Waals surface area contributed by atoms with Crippen LogP contribution in [0.4, 0.5) is 11.5 Å². The van der Waals surface area contributed by atoms with Gasteiger partial charge in [-0.25, -0.2) is 9.97 Å². The van der Waals surface area contributed by atoms with Gasteiger partial charge in [0.05, 0.1) is 0 Å². The Morgan fingerprint density at radius 1 is 1.00 bits per heavy atom. The Bertz CT molecular complexity index is 932. The Balaban J connectivity index is 1.39. The molecule has 2 heterocycles. The topological polar surface area (TPSA) is 58.1 Å². The molecule has 2 aromatic carbocycles. The fraction of sp³-hybridized carbons (Fsp3) is 0.261. The van der Waals surface area contributed by atoms with Crippen molar-refractivity contribution >= 4 is 17.4 Å². The molecule has 5 nitrogen and oxygen atoms in total. The van der Waals surface area contributed by atoms with Crippen molar-refractivity contribution in [2.75, 3.05) is 23.3 Å². The van der Waals surface area contributed by atoms with Gasteiger partial charge in [-0.2, -0.15) is 0 Å². The number of nitrogens with one attached hydrogen (secondary N) is 1. The Morgan fingerprint density at radius 3 is 2.43 bits per heavy atom. The number of anilines is 2. The second kappa shape index (κ2) is 8.21. The predicted octanol–water partition coefficient (Wildman–Crippen LogP) is 4.31. The number of carbonyl (C=O) groups is 1. The highest BCUT2D eigenvalue weighted by atomic mass is 16.1. The summed E-state index contributed by atoms with van der Waals surface area (Å²) in [6, 6.07) is 19.8. The van der Waals surface area contributed by atoms with Crippen LogP contribution in [0, 0.1) is 12.8 Å². The van der Waals surface area contributed by atoms with Crippen LogP contribution in [0.15, 0.2) is 66.9 Å². The number of aromatic nitrogens is 2. The van der Waals surface area contributed by atoms with Crippen molar-refractivity contribution in [1.29, 1.82) is 0 Å². The third-order valence-electron chi connectivity index (χ3n) is 5.18. The highest BCUT2D eigenvalue weighted by molar-refractivity contribution is 5.92. The Kier molecular flexibility index (Phi) is 5.33. The maximum Gasteiger partial charge on any atom is 0.227 e. The summed E-state index contributed by atoms with van der Waals surface area (Å²) in [7, 11) is 0. The van der Waals surface area contributed by atoms with Crippen LogP contribution in [0.3, 0.4) is 0 Å². The lowest BCUT2D eigenvalue weighted by atomic mass is 9.96. The van der Waals surface area contributed by atoms with Gasteiger partial charge in [0, 0.05) is 36.5 Å². The fourth-order valence-electron chi connectivity index (χ4n) is 3.50. The summed E-state index contributed by atoms with van der Waals surface area (Å²) < 4.78 is 0. The molecule has 1 aliphatic rings. The lowest BCUT2D eigenvalue weighted by Crippen LogP contribution is -2.38. The number of benzene rings is 2. The van der Waals surface area contributed by atoms with Crippen molar-refractivity contribution in [2.45, 2.75) is 19.8 Å². The van der Waals surface area contributed by atoms with Crippen LogP contribution in [0.5, 0.6) is 0 Å². The first-order chi connectivity index (χ1) is 13.7. The molecule has 0 bridgehead atoms. The second-order valence-corrected chi connectivity index (χ2v) is 7.22. The van der Waals surface area contributed by atoms with E-state index in [0.29, 0.717) is 0 Å². The van der Waals surface area contributed by atoms with E-state index < -0.39 is 0 Å². The van der Waals surface area contributed by atoms with Gasteiger partial charge < -0.3 is 10.2 Å². The van der Waals surface area contributed by atoms with Crippen LogP contribution in [0.25, 0.3) is 11.4 Å². The number of rotatable bonds is 4. The highest BCUT2D eigenvalue weighted by Gasteiger charge is 2.25. The van der Waals surface area contributed by atoms with Crippen molar-refractivity contribution < 1.29 is 4.79 Å². The lowest BCUT2D eigenvalue weighted by molar-refractivity contribution is -0.120. The molecule has 1 saturated heterocycles. The van der Waals surface area contributed by atoms with Gasteiger partial charge in [-0.15, -0.1) is 0 Å². The van der Waals surface area contributed by atoms with Gasteiger partial charge in [0.25, 0.3) is 0 Å². The third kappa shape index (κ3) is 4.19. The van der Waals surface area contributed by atoms with Crippen LogP contribution < -0.4 is 10.2 Å². The van der Waals surface area contributed by atoms with Gasteiger partial charge in [-0.05, 0) is 38.0 Å². The average molecular weight is 372 g/mol. The van der Waals surface area contributed by atoms with E-state index in [4.69, 9.17) is 4.98 Å². The van der Waals surface area contributed by atoms with Crippen molar-refractivity contribution in [2.24, 2.45) is 5.92 Å². The van der Waals surface area contributed by atoms with E-state index in [1.165, 1.54) is 5.56 Å². The maximum absolute atomic E-state index is 12.5. The van der Waals surface area contributed by atoms with E-state index in [1.807, 2.05) is 42.6 Å². The van der Waals surface area contributed by atoms with Gasteiger partial charge in [0.1, 0.15) is 5.82 Å². The molecule has 0 unspecified atom stereocenters. The van der Waals surface area contributed by atoms with E-state index in [-0.39, 0.29) is 11.8 Å². The van der Waals surface area contributed by atoms with Gasteiger partial charge in [0.15, 0.2) is 5.82 Å².